The van der Waals surface area contributed by atoms with Gasteiger partial charge in [0.2, 0.25) is 0 Å². The number of hydrogen-bond acceptors (Lipinski definition) is 5. The smallest absolute Gasteiger partial charge is 0.145 e. The largest absolute Gasteiger partial charge is 0.368 e. The Kier molecular flexibility index (Phi) is 4.94. The minimum atomic E-state index is 0.470. The number of rotatable bonds is 4. The summed E-state index contributed by atoms with van der Waals surface area (Å²) in [5.41, 5.74) is 1.42. The average Bonchev–Trinajstić information content (AvgIpc) is 2.46. The summed E-state index contributed by atoms with van der Waals surface area (Å²) in [6.45, 7) is 9.48. The number of nitriles is 1. The number of anilines is 1. The highest BCUT2D eigenvalue weighted by Crippen LogP contribution is 2.11. The Morgan fingerprint density at radius 2 is 2.05 bits per heavy atom. The molecule has 1 aromatic heterocycles. The fourth-order valence-corrected chi connectivity index (χ4v) is 2.38. The van der Waals surface area contributed by atoms with Crippen LogP contribution in [0.3, 0.4) is 0 Å². The first-order valence-electron chi connectivity index (χ1n) is 7.14. The van der Waals surface area contributed by atoms with Crippen LogP contribution in [-0.4, -0.2) is 60.6 Å². The van der Waals surface area contributed by atoms with Gasteiger partial charge in [0.1, 0.15) is 17.6 Å². The van der Waals surface area contributed by atoms with Gasteiger partial charge in [0.15, 0.2) is 0 Å². The van der Waals surface area contributed by atoms with Gasteiger partial charge in [-0.3, -0.25) is 4.90 Å². The maximum atomic E-state index is 9.00. The second-order valence-corrected chi connectivity index (χ2v) is 5.54. The number of nitrogens with zero attached hydrogens (tertiary/aromatic N) is 4. The highest BCUT2D eigenvalue weighted by Gasteiger charge is 2.18. The molecule has 5 heteroatoms. The van der Waals surface area contributed by atoms with Crippen molar-refractivity contribution in [3.63, 3.8) is 0 Å². The molecule has 1 aromatic rings. The van der Waals surface area contributed by atoms with Crippen molar-refractivity contribution in [1.82, 2.24) is 14.8 Å². The van der Waals surface area contributed by atoms with E-state index >= 15 is 0 Å². The van der Waals surface area contributed by atoms with Crippen LogP contribution in [0.4, 0.5) is 5.82 Å². The summed E-state index contributed by atoms with van der Waals surface area (Å²) in [6, 6.07) is 6.47. The monoisotopic (exact) mass is 273 g/mol. The van der Waals surface area contributed by atoms with Crippen molar-refractivity contribution in [3.05, 3.63) is 23.4 Å². The summed E-state index contributed by atoms with van der Waals surface area (Å²) >= 11 is 0. The van der Waals surface area contributed by atoms with Crippen molar-refractivity contribution < 1.29 is 0 Å². The summed E-state index contributed by atoms with van der Waals surface area (Å²) in [6.07, 6.45) is 0. The maximum Gasteiger partial charge on any atom is 0.145 e. The lowest BCUT2D eigenvalue weighted by atomic mass is 10.2. The van der Waals surface area contributed by atoms with E-state index < -0.39 is 0 Å². The van der Waals surface area contributed by atoms with E-state index in [-0.39, 0.29) is 0 Å². The first kappa shape index (κ1) is 14.8. The molecule has 0 spiro atoms. The Labute approximate surface area is 121 Å². The van der Waals surface area contributed by atoms with E-state index in [1.807, 2.05) is 19.1 Å². The number of likely N-dealkylation sites (N-methyl/N-ethyl adjacent to an activating group) is 1. The Bertz CT molecular complexity index is 486. The Morgan fingerprint density at radius 3 is 2.70 bits per heavy atom. The van der Waals surface area contributed by atoms with Gasteiger partial charge >= 0.3 is 0 Å². The van der Waals surface area contributed by atoms with Crippen molar-refractivity contribution in [1.29, 1.82) is 5.26 Å². The first-order chi connectivity index (χ1) is 9.60. The van der Waals surface area contributed by atoms with Gasteiger partial charge in [-0.05, 0) is 32.5 Å². The number of aryl methyl sites for hydroxylation is 1. The van der Waals surface area contributed by atoms with E-state index in [1.54, 1.807) is 0 Å². The van der Waals surface area contributed by atoms with Gasteiger partial charge in [0.25, 0.3) is 0 Å². The summed E-state index contributed by atoms with van der Waals surface area (Å²) in [4.78, 5) is 9.17. The zero-order valence-electron chi connectivity index (χ0n) is 12.6. The van der Waals surface area contributed by atoms with Gasteiger partial charge in [-0.2, -0.15) is 5.26 Å². The SMILES string of the molecule is Cc1ccc(NCC(C)N2CCN(C)CC2)nc1C#N. The lowest BCUT2D eigenvalue weighted by molar-refractivity contribution is 0.123. The van der Waals surface area contributed by atoms with Crippen LogP contribution in [0.2, 0.25) is 0 Å². The van der Waals surface area contributed by atoms with Gasteiger partial charge in [-0.25, -0.2) is 4.98 Å². The van der Waals surface area contributed by atoms with Gasteiger partial charge in [-0.15, -0.1) is 0 Å². The molecule has 20 heavy (non-hydrogen) atoms. The molecule has 0 radical (unpaired) electrons. The molecule has 1 aliphatic heterocycles. The van der Waals surface area contributed by atoms with Crippen LogP contribution in [0.15, 0.2) is 12.1 Å². The lowest BCUT2D eigenvalue weighted by Gasteiger charge is -2.36. The molecule has 0 amide bonds. The molecule has 0 saturated carbocycles. The van der Waals surface area contributed by atoms with E-state index in [1.165, 1.54) is 0 Å². The standard InChI is InChI=1S/C15H23N5/c1-12-4-5-15(18-14(12)10-16)17-11-13(2)20-8-6-19(3)7-9-20/h4-5,13H,6-9,11H2,1-3H3,(H,17,18). The van der Waals surface area contributed by atoms with Gasteiger partial charge in [0, 0.05) is 38.8 Å². The molecule has 1 aliphatic rings. The molecular formula is C15H23N5. The molecule has 0 bridgehead atoms. The summed E-state index contributed by atoms with van der Waals surface area (Å²) in [7, 11) is 2.17. The van der Waals surface area contributed by atoms with E-state index in [0.29, 0.717) is 11.7 Å². The third-order valence-corrected chi connectivity index (χ3v) is 3.94. The number of piperazine rings is 1. The molecule has 0 aliphatic carbocycles. The van der Waals surface area contributed by atoms with Crippen molar-refractivity contribution in [2.24, 2.45) is 0 Å². The van der Waals surface area contributed by atoms with Crippen LogP contribution in [-0.2, 0) is 0 Å². The van der Waals surface area contributed by atoms with E-state index in [2.05, 4.69) is 40.1 Å². The van der Waals surface area contributed by atoms with Crippen LogP contribution in [0, 0.1) is 18.3 Å². The fourth-order valence-electron chi connectivity index (χ4n) is 2.38. The summed E-state index contributed by atoms with van der Waals surface area (Å²) in [5.74, 6) is 0.785. The normalized spacial score (nSPS) is 18.5. The molecule has 1 N–H and O–H groups in total. The van der Waals surface area contributed by atoms with E-state index in [0.717, 1.165) is 44.1 Å². The lowest BCUT2D eigenvalue weighted by Crippen LogP contribution is -2.49. The molecule has 108 valence electrons. The molecule has 1 atom stereocenters. The molecule has 5 nitrogen and oxygen atoms in total. The topological polar surface area (TPSA) is 55.2 Å². The first-order valence-corrected chi connectivity index (χ1v) is 7.14. The van der Waals surface area contributed by atoms with E-state index in [4.69, 9.17) is 5.26 Å². The summed E-state index contributed by atoms with van der Waals surface area (Å²) in [5, 5.41) is 12.3. The molecule has 2 rings (SSSR count). The minimum absolute atomic E-state index is 0.470. The van der Waals surface area contributed by atoms with Crippen LogP contribution >= 0.6 is 0 Å². The van der Waals surface area contributed by atoms with Crippen molar-refractivity contribution >= 4 is 5.82 Å². The van der Waals surface area contributed by atoms with Gasteiger partial charge in [-0.1, -0.05) is 6.07 Å². The maximum absolute atomic E-state index is 9.00. The van der Waals surface area contributed by atoms with Crippen LogP contribution < -0.4 is 5.32 Å². The van der Waals surface area contributed by atoms with Gasteiger partial charge < -0.3 is 10.2 Å². The highest BCUT2D eigenvalue weighted by atomic mass is 15.3. The second kappa shape index (κ2) is 6.69. The van der Waals surface area contributed by atoms with E-state index in [9.17, 15) is 0 Å². The molecule has 1 unspecified atom stereocenters. The predicted molar refractivity (Wildman–Crippen MR) is 80.7 cm³/mol. The zero-order chi connectivity index (χ0) is 14.5. The molecule has 1 fully saturated rings. The zero-order valence-corrected chi connectivity index (χ0v) is 12.6. The Hall–Kier alpha value is -1.64. The second-order valence-electron chi connectivity index (χ2n) is 5.54. The quantitative estimate of drug-likeness (QED) is 0.896. The molecule has 1 saturated heterocycles. The third-order valence-electron chi connectivity index (χ3n) is 3.94. The van der Waals surface area contributed by atoms with Crippen LogP contribution in [0.5, 0.6) is 0 Å². The number of aromatic nitrogens is 1. The van der Waals surface area contributed by atoms with Gasteiger partial charge in [0.05, 0.1) is 0 Å². The summed E-state index contributed by atoms with van der Waals surface area (Å²) < 4.78 is 0. The Morgan fingerprint density at radius 1 is 1.35 bits per heavy atom. The molecule has 2 heterocycles. The Balaban J connectivity index is 1.87. The van der Waals surface area contributed by atoms with Crippen LogP contribution in [0.1, 0.15) is 18.2 Å². The number of nitrogens with one attached hydrogen (secondary N) is 1. The number of pyridine rings is 1. The predicted octanol–water partition coefficient (Wildman–Crippen LogP) is 1.31. The molecule has 0 aromatic carbocycles. The average molecular weight is 273 g/mol. The number of hydrogen-bond donors (Lipinski definition) is 1. The third kappa shape index (κ3) is 3.69. The fraction of sp³-hybridized carbons (Fsp3) is 0.600. The van der Waals surface area contributed by atoms with Crippen molar-refractivity contribution in [2.75, 3.05) is 45.1 Å². The molecular weight excluding hydrogens is 250 g/mol. The van der Waals surface area contributed by atoms with Crippen molar-refractivity contribution in [3.8, 4) is 6.07 Å². The highest BCUT2D eigenvalue weighted by molar-refractivity contribution is 5.42. The van der Waals surface area contributed by atoms with Crippen molar-refractivity contribution in [2.45, 2.75) is 19.9 Å². The van der Waals surface area contributed by atoms with Crippen LogP contribution in [0.25, 0.3) is 0 Å². The minimum Gasteiger partial charge on any atom is -0.368 e.